The van der Waals surface area contributed by atoms with Gasteiger partial charge in [0.25, 0.3) is 0 Å². The predicted octanol–water partition coefficient (Wildman–Crippen LogP) is 4.76. The van der Waals surface area contributed by atoms with Crippen molar-refractivity contribution in [2.45, 2.75) is 0 Å². The maximum Gasteiger partial charge on any atom is 0.323 e. The number of nitrogens with zero attached hydrogens (tertiary/aromatic N) is 3. The van der Waals surface area contributed by atoms with E-state index in [1.54, 1.807) is 18.3 Å². The van der Waals surface area contributed by atoms with Crippen LogP contribution < -0.4 is 15.5 Å². The van der Waals surface area contributed by atoms with E-state index in [-0.39, 0.29) is 11.4 Å². The highest BCUT2D eigenvalue weighted by Gasteiger charge is 2.22. The highest BCUT2D eigenvalue weighted by atomic mass is 19.1. The van der Waals surface area contributed by atoms with Gasteiger partial charge in [-0.3, -0.25) is 9.78 Å². The second-order valence-corrected chi connectivity index (χ2v) is 8.26. The first-order valence-corrected chi connectivity index (χ1v) is 11.3. The van der Waals surface area contributed by atoms with Crippen LogP contribution in [0.3, 0.4) is 0 Å². The van der Waals surface area contributed by atoms with Gasteiger partial charge in [-0.25, -0.2) is 22.9 Å². The molecule has 0 unspecified atom stereocenters. The molecule has 3 heterocycles. The number of fused-ring (bicyclic) bond motifs is 1. The summed E-state index contributed by atoms with van der Waals surface area (Å²) in [6.07, 6.45) is 1.70. The summed E-state index contributed by atoms with van der Waals surface area (Å²) in [6, 6.07) is 10.3. The van der Waals surface area contributed by atoms with Crippen LogP contribution in [0, 0.1) is 17.5 Å². The molecule has 1 fully saturated rings. The van der Waals surface area contributed by atoms with Crippen molar-refractivity contribution in [3.05, 3.63) is 89.5 Å². The maximum absolute atomic E-state index is 15.2. The molecule has 188 valence electrons. The van der Waals surface area contributed by atoms with Gasteiger partial charge in [-0.2, -0.15) is 0 Å². The Morgan fingerprint density at radius 1 is 0.892 bits per heavy atom. The summed E-state index contributed by atoms with van der Waals surface area (Å²) in [5.41, 5.74) is 0.577. The van der Waals surface area contributed by atoms with E-state index in [1.165, 1.54) is 24.3 Å². The van der Waals surface area contributed by atoms with Gasteiger partial charge in [-0.1, -0.05) is 6.07 Å². The van der Waals surface area contributed by atoms with E-state index in [0.717, 1.165) is 23.9 Å². The van der Waals surface area contributed by atoms with Crippen molar-refractivity contribution in [1.82, 2.24) is 9.97 Å². The number of morpholine rings is 1. The van der Waals surface area contributed by atoms with Crippen LogP contribution in [0.1, 0.15) is 16.1 Å². The molecule has 4 aromatic rings. The maximum atomic E-state index is 15.2. The Hall–Kier alpha value is -4.51. The molecule has 1 aliphatic heterocycles. The van der Waals surface area contributed by atoms with Crippen molar-refractivity contribution in [3.63, 3.8) is 0 Å². The molecule has 0 bridgehead atoms. The number of anilines is 3. The number of pyridine rings is 2. The van der Waals surface area contributed by atoms with Gasteiger partial charge in [0.2, 0.25) is 5.78 Å². The van der Waals surface area contributed by atoms with Gasteiger partial charge in [0.1, 0.15) is 17.3 Å². The van der Waals surface area contributed by atoms with E-state index < -0.39 is 40.5 Å². The molecule has 2 N–H and O–H groups in total. The van der Waals surface area contributed by atoms with E-state index >= 15 is 4.39 Å². The molecule has 1 aliphatic rings. The number of hydrogen-bond donors (Lipinski definition) is 2. The molecule has 8 nitrogen and oxygen atoms in total. The Balaban J connectivity index is 1.40. The lowest BCUT2D eigenvalue weighted by atomic mass is 10.1. The second-order valence-electron chi connectivity index (χ2n) is 8.26. The van der Waals surface area contributed by atoms with Crippen molar-refractivity contribution in [2.75, 3.05) is 41.8 Å². The molecule has 37 heavy (non-hydrogen) atoms. The van der Waals surface area contributed by atoms with E-state index in [0.29, 0.717) is 37.3 Å². The Kier molecular flexibility index (Phi) is 6.69. The van der Waals surface area contributed by atoms with E-state index in [9.17, 15) is 18.4 Å². The topological polar surface area (TPSA) is 96.5 Å². The molecule has 0 radical (unpaired) electrons. The molecule has 11 heteroatoms. The average molecular weight is 507 g/mol. The predicted molar refractivity (Wildman–Crippen MR) is 131 cm³/mol. The van der Waals surface area contributed by atoms with Crippen molar-refractivity contribution >= 4 is 39.9 Å². The molecule has 2 amide bonds. The smallest absolute Gasteiger partial charge is 0.323 e. The summed E-state index contributed by atoms with van der Waals surface area (Å²) >= 11 is 0. The monoisotopic (exact) mass is 507 g/mol. The third kappa shape index (κ3) is 5.36. The number of amides is 2. The first-order valence-electron chi connectivity index (χ1n) is 11.3. The van der Waals surface area contributed by atoms with Crippen LogP contribution in [0.4, 0.5) is 35.0 Å². The van der Waals surface area contributed by atoms with E-state index in [1.807, 2.05) is 0 Å². The number of ketones is 1. The second kappa shape index (κ2) is 10.2. The van der Waals surface area contributed by atoms with Crippen LogP contribution in [0.15, 0.2) is 60.8 Å². The number of aromatic nitrogens is 2. The lowest BCUT2D eigenvalue weighted by Gasteiger charge is -2.28. The highest BCUT2D eigenvalue weighted by molar-refractivity contribution is 6.10. The number of hydrogen-bond acceptors (Lipinski definition) is 6. The van der Waals surface area contributed by atoms with Gasteiger partial charge in [0.15, 0.2) is 5.82 Å². The minimum atomic E-state index is -1.14. The molecular formula is C26H20F3N5O3. The Bertz CT molecular complexity index is 1510. The van der Waals surface area contributed by atoms with Gasteiger partial charge in [0, 0.05) is 24.8 Å². The lowest BCUT2D eigenvalue weighted by Crippen LogP contribution is -2.36. The van der Waals surface area contributed by atoms with E-state index in [4.69, 9.17) is 4.74 Å². The summed E-state index contributed by atoms with van der Waals surface area (Å²) in [7, 11) is 0. The fourth-order valence-corrected chi connectivity index (χ4v) is 3.95. The van der Waals surface area contributed by atoms with Gasteiger partial charge in [0.05, 0.1) is 47.4 Å². The Morgan fingerprint density at radius 3 is 2.49 bits per heavy atom. The van der Waals surface area contributed by atoms with Gasteiger partial charge >= 0.3 is 6.03 Å². The first kappa shape index (κ1) is 24.2. The largest absolute Gasteiger partial charge is 0.378 e. The zero-order valence-electron chi connectivity index (χ0n) is 19.3. The molecular weight excluding hydrogens is 487 g/mol. The number of carbonyl (C=O) groups is 2. The quantitative estimate of drug-likeness (QED) is 0.378. The van der Waals surface area contributed by atoms with Crippen molar-refractivity contribution in [3.8, 4) is 0 Å². The minimum absolute atomic E-state index is 0.107. The summed E-state index contributed by atoms with van der Waals surface area (Å²) in [5.74, 6) is -3.53. The Labute approximate surface area is 209 Å². The normalized spacial score (nSPS) is 13.4. The van der Waals surface area contributed by atoms with Gasteiger partial charge < -0.3 is 20.3 Å². The molecule has 1 saturated heterocycles. The zero-order chi connectivity index (χ0) is 25.9. The zero-order valence-corrected chi connectivity index (χ0v) is 19.3. The number of benzene rings is 2. The first-order chi connectivity index (χ1) is 17.9. The fraction of sp³-hybridized carbons (Fsp3) is 0.154. The van der Waals surface area contributed by atoms with Crippen LogP contribution in [0.2, 0.25) is 0 Å². The molecule has 2 aromatic heterocycles. The summed E-state index contributed by atoms with van der Waals surface area (Å²) in [6.45, 7) is 2.53. The SMILES string of the molecule is O=C(Nc1cccc(F)c1)Nc1cc(F)cc(C(=O)c2ccc3ncc(N4CCOCC4)cc3n2)c1F. The standard InChI is InChI=1S/C26H20F3N5O3/c27-15-2-1-3-17(10-15)31-26(36)33-23-12-16(28)11-19(24(23)29)25(35)21-5-4-20-22(32-21)13-18(14-30-20)34-6-8-37-9-7-34/h1-5,10-14H,6-9H2,(H2,31,33,36). The minimum Gasteiger partial charge on any atom is -0.378 e. The Morgan fingerprint density at radius 2 is 1.70 bits per heavy atom. The molecule has 0 saturated carbocycles. The highest BCUT2D eigenvalue weighted by Crippen LogP contribution is 2.25. The summed E-state index contributed by atoms with van der Waals surface area (Å²) < 4.78 is 48.3. The molecule has 0 aliphatic carbocycles. The lowest BCUT2D eigenvalue weighted by molar-refractivity contribution is 0.103. The van der Waals surface area contributed by atoms with Crippen LogP contribution in [0.25, 0.3) is 11.0 Å². The third-order valence-electron chi connectivity index (χ3n) is 5.74. The van der Waals surface area contributed by atoms with Crippen molar-refractivity contribution in [2.24, 2.45) is 0 Å². The average Bonchev–Trinajstić information content (AvgIpc) is 2.90. The molecule has 5 rings (SSSR count). The van der Waals surface area contributed by atoms with E-state index in [2.05, 4.69) is 25.5 Å². The van der Waals surface area contributed by atoms with Crippen LogP contribution in [-0.2, 0) is 4.74 Å². The summed E-state index contributed by atoms with van der Waals surface area (Å²) in [4.78, 5) is 36.2. The van der Waals surface area contributed by atoms with Crippen molar-refractivity contribution < 1.29 is 27.5 Å². The summed E-state index contributed by atoms with van der Waals surface area (Å²) in [5, 5.41) is 4.47. The van der Waals surface area contributed by atoms with Crippen LogP contribution in [0.5, 0.6) is 0 Å². The third-order valence-corrected chi connectivity index (χ3v) is 5.74. The molecule has 0 atom stereocenters. The number of halogens is 3. The number of urea groups is 1. The molecule has 2 aromatic carbocycles. The number of rotatable bonds is 5. The molecule has 0 spiro atoms. The van der Waals surface area contributed by atoms with Crippen LogP contribution in [-0.4, -0.2) is 48.1 Å². The van der Waals surface area contributed by atoms with Gasteiger partial charge in [-0.15, -0.1) is 0 Å². The van der Waals surface area contributed by atoms with Crippen molar-refractivity contribution in [1.29, 1.82) is 0 Å². The number of nitrogens with one attached hydrogen (secondary N) is 2. The van der Waals surface area contributed by atoms with Crippen LogP contribution >= 0.6 is 0 Å². The van der Waals surface area contributed by atoms with Gasteiger partial charge in [-0.05, 0) is 42.5 Å². The number of carbonyl (C=O) groups excluding carboxylic acids is 2. The number of ether oxygens (including phenoxy) is 1. The fourth-order valence-electron chi connectivity index (χ4n) is 3.95.